The topological polar surface area (TPSA) is 108 Å². The first-order chi connectivity index (χ1) is 15.3. The molecule has 176 valence electrons. The average Bonchev–Trinajstić information content (AvgIpc) is 2.76. The molecule has 1 aromatic heterocycles. The summed E-state index contributed by atoms with van der Waals surface area (Å²) in [6.07, 6.45) is 1.32. The van der Waals surface area contributed by atoms with E-state index in [1.54, 1.807) is 12.1 Å². The van der Waals surface area contributed by atoms with Gasteiger partial charge in [-0.25, -0.2) is 13.4 Å². The molecule has 2 aromatic carbocycles. The summed E-state index contributed by atoms with van der Waals surface area (Å²) < 4.78 is 66.5. The Morgan fingerprint density at radius 1 is 0.939 bits per heavy atom. The van der Waals surface area contributed by atoms with Crippen molar-refractivity contribution >= 4 is 40.8 Å². The molecule has 0 atom stereocenters. The Balaban J connectivity index is 1.96. The first kappa shape index (κ1) is 25.7. The van der Waals surface area contributed by atoms with Crippen molar-refractivity contribution in [2.75, 3.05) is 0 Å². The van der Waals surface area contributed by atoms with Gasteiger partial charge in [-0.15, -0.1) is 0 Å². The Bertz CT molecular complexity index is 1290. The van der Waals surface area contributed by atoms with Crippen LogP contribution in [-0.4, -0.2) is 27.5 Å². The number of sulfonamides is 1. The third-order valence-corrected chi connectivity index (χ3v) is 8.05. The maximum absolute atomic E-state index is 13.9. The zero-order chi connectivity index (χ0) is 24.4. The fraction of sp³-hybridized carbons (Fsp3) is 0.150. The first-order valence-corrected chi connectivity index (χ1v) is 13.0. The van der Waals surface area contributed by atoms with E-state index >= 15 is 0 Å². The molecule has 33 heavy (non-hydrogen) atoms. The van der Waals surface area contributed by atoms with Gasteiger partial charge in [-0.3, -0.25) is 4.57 Å². The van der Waals surface area contributed by atoms with Crippen molar-refractivity contribution in [2.45, 2.75) is 23.8 Å². The van der Waals surface area contributed by atoms with Crippen LogP contribution in [0.1, 0.15) is 16.7 Å². The van der Waals surface area contributed by atoms with Gasteiger partial charge in [0.15, 0.2) is 5.03 Å². The molecule has 0 radical (unpaired) electrons. The van der Waals surface area contributed by atoms with Crippen LogP contribution in [0, 0.1) is 0 Å². The molecule has 0 bridgehead atoms. The SMILES string of the molecule is O=P(O)(O)C(F)(F)c1ccc(CN(Cc2ccc(Cl)c(Cl)c2)S(=O)(=O)c2ccccn2)cc1. The Morgan fingerprint density at radius 2 is 1.55 bits per heavy atom. The van der Waals surface area contributed by atoms with E-state index in [1.807, 2.05) is 0 Å². The largest absolute Gasteiger partial charge is 0.399 e. The Kier molecular flexibility index (Phi) is 7.60. The summed E-state index contributed by atoms with van der Waals surface area (Å²) in [5.74, 6) is 0. The third kappa shape index (κ3) is 5.78. The van der Waals surface area contributed by atoms with Gasteiger partial charge in [0.2, 0.25) is 0 Å². The second-order valence-corrected chi connectivity index (χ2v) is 11.3. The molecule has 0 unspecified atom stereocenters. The summed E-state index contributed by atoms with van der Waals surface area (Å²) in [6, 6.07) is 13.1. The molecule has 0 aliphatic heterocycles. The van der Waals surface area contributed by atoms with Crippen LogP contribution in [0.4, 0.5) is 8.78 Å². The third-order valence-electron chi connectivity index (χ3n) is 4.61. The average molecular weight is 537 g/mol. The van der Waals surface area contributed by atoms with Crippen molar-refractivity contribution < 1.29 is 31.6 Å². The van der Waals surface area contributed by atoms with Crippen LogP contribution in [0.15, 0.2) is 71.9 Å². The van der Waals surface area contributed by atoms with Crippen molar-refractivity contribution in [2.24, 2.45) is 0 Å². The van der Waals surface area contributed by atoms with Gasteiger partial charge < -0.3 is 9.79 Å². The highest BCUT2D eigenvalue weighted by Crippen LogP contribution is 2.59. The Morgan fingerprint density at radius 3 is 2.09 bits per heavy atom. The van der Waals surface area contributed by atoms with Crippen LogP contribution >= 0.6 is 30.8 Å². The van der Waals surface area contributed by atoms with Crippen LogP contribution in [0.3, 0.4) is 0 Å². The normalized spacial score (nSPS) is 12.8. The lowest BCUT2D eigenvalue weighted by Gasteiger charge is -2.23. The first-order valence-electron chi connectivity index (χ1n) is 9.20. The van der Waals surface area contributed by atoms with E-state index in [1.165, 1.54) is 42.6 Å². The highest BCUT2D eigenvalue weighted by molar-refractivity contribution is 7.89. The molecule has 3 aromatic rings. The van der Waals surface area contributed by atoms with Crippen molar-refractivity contribution in [3.05, 3.63) is 93.6 Å². The lowest BCUT2D eigenvalue weighted by atomic mass is 10.1. The number of nitrogens with zero attached hydrogens (tertiary/aromatic N) is 2. The van der Waals surface area contributed by atoms with Crippen LogP contribution in [0.5, 0.6) is 0 Å². The number of hydrogen-bond acceptors (Lipinski definition) is 4. The van der Waals surface area contributed by atoms with Crippen molar-refractivity contribution in [3.63, 3.8) is 0 Å². The fourth-order valence-electron chi connectivity index (χ4n) is 2.88. The second kappa shape index (κ2) is 9.76. The predicted octanol–water partition coefficient (Wildman–Crippen LogP) is 5.01. The minimum Gasteiger partial charge on any atom is -0.320 e. The molecule has 0 saturated heterocycles. The van der Waals surface area contributed by atoms with E-state index in [9.17, 15) is 21.8 Å². The molecule has 0 spiro atoms. The van der Waals surface area contributed by atoms with Gasteiger partial charge in [0.25, 0.3) is 10.0 Å². The molecule has 0 aliphatic rings. The summed E-state index contributed by atoms with van der Waals surface area (Å²) in [6.45, 7) is -0.364. The van der Waals surface area contributed by atoms with Gasteiger partial charge in [0.05, 0.1) is 10.0 Å². The molecular weight excluding hydrogens is 520 g/mol. The van der Waals surface area contributed by atoms with E-state index in [0.717, 1.165) is 16.4 Å². The minimum absolute atomic E-state index is 0.129. The van der Waals surface area contributed by atoms with E-state index in [4.69, 9.17) is 33.0 Å². The molecule has 3 rings (SSSR count). The van der Waals surface area contributed by atoms with Crippen molar-refractivity contribution in [1.82, 2.24) is 9.29 Å². The highest BCUT2D eigenvalue weighted by atomic mass is 35.5. The molecule has 0 amide bonds. The second-order valence-electron chi connectivity index (χ2n) is 6.97. The Hall–Kier alpha value is -1.91. The smallest absolute Gasteiger partial charge is 0.320 e. The van der Waals surface area contributed by atoms with Gasteiger partial charge >= 0.3 is 13.3 Å². The van der Waals surface area contributed by atoms with E-state index < -0.39 is 28.8 Å². The molecule has 0 saturated carbocycles. The van der Waals surface area contributed by atoms with E-state index in [2.05, 4.69) is 4.98 Å². The summed E-state index contributed by atoms with van der Waals surface area (Å²) in [7, 11) is -9.83. The monoisotopic (exact) mass is 536 g/mol. The molecule has 7 nitrogen and oxygen atoms in total. The van der Waals surface area contributed by atoms with Gasteiger partial charge in [-0.1, -0.05) is 59.6 Å². The zero-order valence-corrected chi connectivity index (χ0v) is 19.9. The number of alkyl halides is 2. The Labute approximate surface area is 198 Å². The van der Waals surface area contributed by atoms with Gasteiger partial charge in [0, 0.05) is 24.8 Å². The van der Waals surface area contributed by atoms with Crippen molar-refractivity contribution in [1.29, 1.82) is 0 Å². The van der Waals surface area contributed by atoms with Gasteiger partial charge in [-0.2, -0.15) is 13.1 Å². The maximum Gasteiger partial charge on any atom is 0.399 e. The minimum atomic E-state index is -5.73. The molecule has 2 N–H and O–H groups in total. The molecule has 0 aliphatic carbocycles. The number of benzene rings is 2. The van der Waals surface area contributed by atoms with Gasteiger partial charge in [-0.05, 0) is 35.4 Å². The number of hydrogen-bond donors (Lipinski definition) is 2. The summed E-state index contributed by atoms with van der Waals surface area (Å²) >= 11 is 12.0. The molecule has 1 heterocycles. The number of rotatable bonds is 8. The lowest BCUT2D eigenvalue weighted by Crippen LogP contribution is -2.31. The quantitative estimate of drug-likeness (QED) is 0.392. The van der Waals surface area contributed by atoms with Crippen LogP contribution in [0.25, 0.3) is 0 Å². The number of pyridine rings is 1. The summed E-state index contributed by atoms with van der Waals surface area (Å²) in [5.41, 5.74) is -4.43. The van der Waals surface area contributed by atoms with Crippen LogP contribution < -0.4 is 0 Å². The van der Waals surface area contributed by atoms with E-state index in [0.29, 0.717) is 16.1 Å². The lowest BCUT2D eigenvalue weighted by molar-refractivity contribution is 0.0564. The van der Waals surface area contributed by atoms with Gasteiger partial charge in [0.1, 0.15) is 0 Å². The number of halogens is 4. The molecule has 13 heteroatoms. The predicted molar refractivity (Wildman–Crippen MR) is 120 cm³/mol. The number of aromatic nitrogens is 1. The summed E-state index contributed by atoms with van der Waals surface area (Å²) in [4.78, 5) is 21.7. The molecular formula is C20H17Cl2F2N2O5PS. The van der Waals surface area contributed by atoms with Crippen LogP contribution in [0.2, 0.25) is 10.0 Å². The summed E-state index contributed by atoms with van der Waals surface area (Å²) in [5, 5.41) is 0.309. The van der Waals surface area contributed by atoms with Crippen molar-refractivity contribution in [3.8, 4) is 0 Å². The standard InChI is InChI=1S/C20H17Cl2F2N2O5PS/c21-17-9-6-15(11-18(17)22)13-26(33(30,31)19-3-1-2-10-25-19)12-14-4-7-16(8-5-14)20(23,24)32(27,28)29/h1-11H,12-13H2,(H2,27,28,29). The van der Waals surface area contributed by atoms with E-state index in [-0.39, 0.29) is 23.1 Å². The molecule has 0 fully saturated rings. The van der Waals surface area contributed by atoms with Crippen LogP contribution in [-0.2, 0) is 33.3 Å². The maximum atomic E-state index is 13.9. The highest BCUT2D eigenvalue weighted by Gasteiger charge is 2.50. The zero-order valence-electron chi connectivity index (χ0n) is 16.6. The fourth-order valence-corrected chi connectivity index (χ4v) is 5.04.